The predicted molar refractivity (Wildman–Crippen MR) is 133 cm³/mol. The Morgan fingerprint density at radius 3 is 2.74 bits per heavy atom. The lowest BCUT2D eigenvalue weighted by Crippen LogP contribution is -2.35. The number of esters is 1. The zero-order valence-corrected chi connectivity index (χ0v) is 19.5. The first-order chi connectivity index (χ1) is 17.1. The molecule has 2 unspecified atom stereocenters. The van der Waals surface area contributed by atoms with Crippen molar-refractivity contribution in [1.29, 1.82) is 0 Å². The van der Waals surface area contributed by atoms with Crippen molar-refractivity contribution >= 4 is 28.6 Å². The topological polar surface area (TPSA) is 76.5 Å². The third-order valence-corrected chi connectivity index (χ3v) is 7.04. The minimum Gasteiger partial charge on any atom is -0.453 e. The van der Waals surface area contributed by atoms with E-state index in [2.05, 4.69) is 46.0 Å². The van der Waals surface area contributed by atoms with Crippen molar-refractivity contribution in [3.8, 4) is 0 Å². The fraction of sp³-hybridized carbons (Fsp3) is 0.250. The average Bonchev–Trinajstić information content (AvgIpc) is 3.40. The Kier molecular flexibility index (Phi) is 5.34. The fourth-order valence-corrected chi connectivity index (χ4v) is 5.14. The molecule has 0 saturated carbocycles. The third kappa shape index (κ3) is 3.98. The van der Waals surface area contributed by atoms with Gasteiger partial charge in [-0.1, -0.05) is 48.5 Å². The van der Waals surface area contributed by atoms with Crippen LogP contribution in [0.1, 0.15) is 52.8 Å². The van der Waals surface area contributed by atoms with Crippen molar-refractivity contribution in [2.24, 2.45) is 0 Å². The number of rotatable bonds is 5. The quantitative estimate of drug-likeness (QED) is 0.426. The van der Waals surface area contributed by atoms with E-state index in [9.17, 15) is 9.59 Å². The lowest BCUT2D eigenvalue weighted by atomic mass is 10.0. The van der Waals surface area contributed by atoms with Gasteiger partial charge in [-0.3, -0.25) is 9.69 Å². The molecule has 1 N–H and O–H groups in total. The minimum absolute atomic E-state index is 0.0762. The van der Waals surface area contributed by atoms with E-state index >= 15 is 0 Å². The maximum absolute atomic E-state index is 12.7. The van der Waals surface area contributed by atoms with E-state index in [1.807, 2.05) is 36.4 Å². The lowest BCUT2D eigenvalue weighted by Gasteiger charge is -2.33. The van der Waals surface area contributed by atoms with Gasteiger partial charge in [0.1, 0.15) is 11.9 Å². The molecule has 0 fully saturated rings. The Balaban J connectivity index is 1.16. The molecule has 2 aliphatic heterocycles. The number of amides is 1. The summed E-state index contributed by atoms with van der Waals surface area (Å²) < 4.78 is 7.67. The van der Waals surface area contributed by atoms with Crippen LogP contribution >= 0.6 is 0 Å². The number of carbonyl (C=O) groups excluding carboxylic acids is 2. The van der Waals surface area contributed by atoms with Crippen molar-refractivity contribution in [1.82, 2.24) is 14.5 Å². The van der Waals surface area contributed by atoms with Crippen molar-refractivity contribution in [3.05, 3.63) is 95.3 Å². The van der Waals surface area contributed by atoms with Crippen molar-refractivity contribution in [2.45, 2.75) is 38.6 Å². The minimum atomic E-state index is -0.556. The number of anilines is 1. The van der Waals surface area contributed by atoms with Crippen molar-refractivity contribution in [3.63, 3.8) is 0 Å². The molecule has 0 spiro atoms. The number of aromatic nitrogens is 2. The van der Waals surface area contributed by atoms with Gasteiger partial charge in [0.2, 0.25) is 5.91 Å². The highest BCUT2D eigenvalue weighted by Gasteiger charge is 2.32. The van der Waals surface area contributed by atoms with E-state index in [4.69, 9.17) is 9.72 Å². The van der Waals surface area contributed by atoms with Crippen LogP contribution in [0.4, 0.5) is 5.69 Å². The Labute approximate surface area is 203 Å². The molecule has 2 atom stereocenters. The van der Waals surface area contributed by atoms with E-state index in [0.29, 0.717) is 17.3 Å². The van der Waals surface area contributed by atoms with Crippen LogP contribution in [-0.2, 0) is 22.6 Å². The van der Waals surface area contributed by atoms with Crippen LogP contribution in [0.2, 0.25) is 0 Å². The number of nitrogens with zero attached hydrogens (tertiary/aromatic N) is 3. The highest BCUT2D eigenvalue weighted by atomic mass is 16.5. The summed E-state index contributed by atoms with van der Waals surface area (Å²) in [5.41, 5.74) is 5.22. The number of imidazole rings is 1. The second-order valence-corrected chi connectivity index (χ2v) is 9.17. The molecule has 3 heterocycles. The van der Waals surface area contributed by atoms with Gasteiger partial charge < -0.3 is 14.6 Å². The number of hydrogen-bond donors (Lipinski definition) is 1. The molecule has 0 bridgehead atoms. The molecule has 0 aliphatic carbocycles. The monoisotopic (exact) mass is 466 g/mol. The summed E-state index contributed by atoms with van der Waals surface area (Å²) in [5.74, 6) is 0.455. The molecule has 0 saturated heterocycles. The number of cyclic esters (lactones) is 1. The van der Waals surface area contributed by atoms with Gasteiger partial charge in [-0.15, -0.1) is 0 Å². The van der Waals surface area contributed by atoms with Crippen LogP contribution in [0.25, 0.3) is 11.0 Å². The Hall–Kier alpha value is -3.97. The lowest BCUT2D eigenvalue weighted by molar-refractivity contribution is -0.118. The van der Waals surface area contributed by atoms with Crippen molar-refractivity contribution in [2.75, 3.05) is 11.9 Å². The highest BCUT2D eigenvalue weighted by Crippen LogP contribution is 2.33. The Morgan fingerprint density at radius 1 is 1.09 bits per heavy atom. The summed E-state index contributed by atoms with van der Waals surface area (Å²) in [6.07, 6.45) is -0.479. The van der Waals surface area contributed by atoms with E-state index in [0.717, 1.165) is 42.1 Å². The molecular weight excluding hydrogens is 440 g/mol. The zero-order valence-electron chi connectivity index (χ0n) is 19.5. The molecule has 6 rings (SSSR count). The van der Waals surface area contributed by atoms with Crippen LogP contribution in [0.5, 0.6) is 0 Å². The third-order valence-electron chi connectivity index (χ3n) is 7.04. The molecule has 35 heavy (non-hydrogen) atoms. The summed E-state index contributed by atoms with van der Waals surface area (Å²) in [4.78, 5) is 32.1. The van der Waals surface area contributed by atoms with Crippen molar-refractivity contribution < 1.29 is 14.3 Å². The van der Waals surface area contributed by atoms with Crippen LogP contribution in [0.15, 0.2) is 72.8 Å². The van der Waals surface area contributed by atoms with Crippen LogP contribution < -0.4 is 5.32 Å². The Morgan fingerprint density at radius 2 is 1.89 bits per heavy atom. The second kappa shape index (κ2) is 8.67. The molecule has 1 amide bonds. The van der Waals surface area contributed by atoms with Gasteiger partial charge in [0, 0.05) is 30.4 Å². The van der Waals surface area contributed by atoms with Gasteiger partial charge in [0.05, 0.1) is 29.6 Å². The summed E-state index contributed by atoms with van der Waals surface area (Å²) >= 11 is 0. The molecule has 3 aromatic carbocycles. The second-order valence-electron chi connectivity index (χ2n) is 9.17. The molecular formula is C28H26N4O3. The SMILES string of the molecule is CC(c1ccccc1)N1CCn2c(nc3cc(NC(=O)CC4OC(=O)c5ccccc54)ccc32)C1. The van der Waals surface area contributed by atoms with Gasteiger partial charge in [0.25, 0.3) is 0 Å². The number of ether oxygens (including phenoxy) is 1. The number of nitrogens with one attached hydrogen (secondary N) is 1. The van der Waals surface area contributed by atoms with Gasteiger partial charge in [-0.25, -0.2) is 9.78 Å². The van der Waals surface area contributed by atoms with E-state index in [1.165, 1.54) is 5.56 Å². The summed E-state index contributed by atoms with van der Waals surface area (Å²) in [7, 11) is 0. The maximum atomic E-state index is 12.7. The maximum Gasteiger partial charge on any atom is 0.339 e. The largest absolute Gasteiger partial charge is 0.453 e. The molecule has 1 aromatic heterocycles. The normalized spacial score (nSPS) is 18.1. The first kappa shape index (κ1) is 21.6. The number of hydrogen-bond acceptors (Lipinski definition) is 5. The predicted octanol–water partition coefficient (Wildman–Crippen LogP) is 4.85. The Bertz CT molecular complexity index is 1430. The molecule has 176 valence electrons. The van der Waals surface area contributed by atoms with Crippen LogP contribution in [0.3, 0.4) is 0 Å². The first-order valence-electron chi connectivity index (χ1n) is 11.9. The van der Waals surface area contributed by atoms with Gasteiger partial charge >= 0.3 is 5.97 Å². The molecule has 4 aromatic rings. The average molecular weight is 467 g/mol. The van der Waals surface area contributed by atoms with Gasteiger partial charge in [-0.05, 0) is 36.8 Å². The van der Waals surface area contributed by atoms with Gasteiger partial charge in [0.15, 0.2) is 0 Å². The summed E-state index contributed by atoms with van der Waals surface area (Å²) in [6, 6.07) is 23.9. The molecule has 7 heteroatoms. The van der Waals surface area contributed by atoms with Crippen LogP contribution in [-0.4, -0.2) is 32.9 Å². The number of fused-ring (bicyclic) bond motifs is 4. The summed E-state index contributed by atoms with van der Waals surface area (Å²) in [6.45, 7) is 4.84. The van der Waals surface area contributed by atoms with E-state index in [-0.39, 0.29) is 18.3 Å². The fourth-order valence-electron chi connectivity index (χ4n) is 5.14. The van der Waals surface area contributed by atoms with Crippen LogP contribution in [0, 0.1) is 0 Å². The standard InChI is InChI=1S/C28H26N4O3/c1-18(19-7-3-2-4-8-19)31-13-14-32-24-12-11-20(15-23(24)30-26(32)17-31)29-27(33)16-25-21-9-5-6-10-22(21)28(34)35-25/h2-12,15,18,25H,13-14,16-17H2,1H3,(H,29,33). The molecule has 7 nitrogen and oxygen atoms in total. The first-order valence-corrected chi connectivity index (χ1v) is 11.9. The van der Waals surface area contributed by atoms with Gasteiger partial charge in [-0.2, -0.15) is 0 Å². The summed E-state index contributed by atoms with van der Waals surface area (Å²) in [5, 5.41) is 2.95. The van der Waals surface area contributed by atoms with E-state index < -0.39 is 6.10 Å². The molecule has 0 radical (unpaired) electrons. The smallest absolute Gasteiger partial charge is 0.339 e. The highest BCUT2D eigenvalue weighted by molar-refractivity contribution is 5.97. The van der Waals surface area contributed by atoms with E-state index in [1.54, 1.807) is 12.1 Å². The molecule has 2 aliphatic rings. The zero-order chi connectivity index (χ0) is 23.9. The number of carbonyl (C=O) groups is 2. The number of benzene rings is 3.